The lowest BCUT2D eigenvalue weighted by molar-refractivity contribution is -0.124. The van der Waals surface area contributed by atoms with Crippen molar-refractivity contribution < 1.29 is 4.79 Å². The summed E-state index contributed by atoms with van der Waals surface area (Å²) in [5.41, 5.74) is 4.57. The topological polar surface area (TPSA) is 85.8 Å². The molecule has 0 saturated heterocycles. The molecule has 0 aliphatic carbocycles. The third-order valence-corrected chi connectivity index (χ3v) is 2.10. The third-order valence-electron chi connectivity index (χ3n) is 2.10. The lowest BCUT2D eigenvalue weighted by atomic mass is 10.0. The van der Waals surface area contributed by atoms with Crippen LogP contribution in [0.4, 0.5) is 0 Å². The molecule has 1 aromatic heterocycles. The Balaban J connectivity index is 2.78. The number of nitrogens with two attached hydrogens (primary N) is 1. The lowest BCUT2D eigenvalue weighted by Gasteiger charge is -2.29. The molecule has 0 aliphatic rings. The third kappa shape index (κ3) is 3.02. The maximum atomic E-state index is 11.4. The SMILES string of the molecule is CC(C)NC(C)(Cn1cncn1)C(N)=O. The molecular weight excluding hydrogens is 194 g/mol. The smallest absolute Gasteiger partial charge is 0.239 e. The van der Waals surface area contributed by atoms with Gasteiger partial charge in [0.05, 0.1) is 6.54 Å². The number of primary amides is 1. The maximum absolute atomic E-state index is 11.4. The van der Waals surface area contributed by atoms with Crippen molar-refractivity contribution in [3.8, 4) is 0 Å². The molecule has 1 unspecified atom stereocenters. The van der Waals surface area contributed by atoms with Crippen molar-refractivity contribution in [1.82, 2.24) is 20.1 Å². The average Bonchev–Trinajstić information content (AvgIpc) is 2.54. The predicted octanol–water partition coefficient (Wildman–Crippen LogP) is -0.480. The Hall–Kier alpha value is -1.43. The van der Waals surface area contributed by atoms with E-state index < -0.39 is 11.4 Å². The minimum Gasteiger partial charge on any atom is -0.368 e. The molecular formula is C9H17N5O. The fourth-order valence-electron chi connectivity index (χ4n) is 1.47. The van der Waals surface area contributed by atoms with E-state index in [1.807, 2.05) is 13.8 Å². The number of amides is 1. The van der Waals surface area contributed by atoms with E-state index in [0.717, 1.165) is 0 Å². The first-order chi connectivity index (χ1) is 6.94. The molecule has 6 nitrogen and oxygen atoms in total. The molecule has 1 atom stereocenters. The Morgan fingerprint density at radius 1 is 1.67 bits per heavy atom. The van der Waals surface area contributed by atoms with E-state index in [1.54, 1.807) is 17.9 Å². The van der Waals surface area contributed by atoms with E-state index in [4.69, 9.17) is 5.73 Å². The first kappa shape index (κ1) is 11.6. The molecule has 1 heterocycles. The molecule has 0 fully saturated rings. The van der Waals surface area contributed by atoms with Gasteiger partial charge in [-0.15, -0.1) is 0 Å². The van der Waals surface area contributed by atoms with Crippen LogP contribution in [-0.4, -0.2) is 32.3 Å². The minimum atomic E-state index is -0.804. The van der Waals surface area contributed by atoms with Gasteiger partial charge in [0, 0.05) is 6.04 Å². The van der Waals surface area contributed by atoms with Gasteiger partial charge in [0.1, 0.15) is 18.2 Å². The number of hydrogen-bond donors (Lipinski definition) is 2. The van der Waals surface area contributed by atoms with E-state index in [0.29, 0.717) is 6.54 Å². The largest absolute Gasteiger partial charge is 0.368 e. The molecule has 1 rings (SSSR count). The predicted molar refractivity (Wildman–Crippen MR) is 55.9 cm³/mol. The number of nitrogens with one attached hydrogen (secondary N) is 1. The van der Waals surface area contributed by atoms with Gasteiger partial charge in [0.2, 0.25) is 5.91 Å². The van der Waals surface area contributed by atoms with Gasteiger partial charge in [-0.05, 0) is 20.8 Å². The van der Waals surface area contributed by atoms with Crippen LogP contribution in [0.1, 0.15) is 20.8 Å². The first-order valence-electron chi connectivity index (χ1n) is 4.84. The van der Waals surface area contributed by atoms with Crippen molar-refractivity contribution >= 4 is 5.91 Å². The molecule has 0 radical (unpaired) electrons. The van der Waals surface area contributed by atoms with Crippen molar-refractivity contribution in [2.24, 2.45) is 5.73 Å². The fourth-order valence-corrected chi connectivity index (χ4v) is 1.47. The highest BCUT2D eigenvalue weighted by molar-refractivity contribution is 5.84. The molecule has 1 amide bonds. The van der Waals surface area contributed by atoms with Crippen LogP contribution in [0.25, 0.3) is 0 Å². The van der Waals surface area contributed by atoms with Gasteiger partial charge < -0.3 is 5.73 Å². The molecule has 1 aromatic rings. The number of hydrogen-bond acceptors (Lipinski definition) is 4. The molecule has 0 aliphatic heterocycles. The van der Waals surface area contributed by atoms with Crippen LogP contribution in [0.15, 0.2) is 12.7 Å². The minimum absolute atomic E-state index is 0.172. The van der Waals surface area contributed by atoms with Gasteiger partial charge in [-0.2, -0.15) is 5.10 Å². The van der Waals surface area contributed by atoms with Gasteiger partial charge >= 0.3 is 0 Å². The summed E-state index contributed by atoms with van der Waals surface area (Å²) in [6.45, 7) is 6.06. The van der Waals surface area contributed by atoms with Crippen LogP contribution in [0.5, 0.6) is 0 Å². The summed E-state index contributed by atoms with van der Waals surface area (Å²) in [5.74, 6) is -0.397. The summed E-state index contributed by atoms with van der Waals surface area (Å²) >= 11 is 0. The van der Waals surface area contributed by atoms with Crippen LogP contribution in [0.3, 0.4) is 0 Å². The summed E-state index contributed by atoms with van der Waals surface area (Å²) in [7, 11) is 0. The number of carbonyl (C=O) groups excluding carboxylic acids is 1. The molecule has 3 N–H and O–H groups in total. The maximum Gasteiger partial charge on any atom is 0.239 e. The molecule has 0 bridgehead atoms. The van der Waals surface area contributed by atoms with Crippen molar-refractivity contribution in [2.45, 2.75) is 38.9 Å². The monoisotopic (exact) mass is 211 g/mol. The zero-order valence-electron chi connectivity index (χ0n) is 9.27. The zero-order chi connectivity index (χ0) is 11.5. The van der Waals surface area contributed by atoms with E-state index in [9.17, 15) is 4.79 Å². The number of aromatic nitrogens is 3. The zero-order valence-corrected chi connectivity index (χ0v) is 9.27. The van der Waals surface area contributed by atoms with Crippen molar-refractivity contribution in [3.63, 3.8) is 0 Å². The normalized spacial score (nSPS) is 15.2. The molecule has 6 heteroatoms. The second kappa shape index (κ2) is 4.39. The first-order valence-corrected chi connectivity index (χ1v) is 4.84. The van der Waals surface area contributed by atoms with Crippen LogP contribution in [-0.2, 0) is 11.3 Å². The Bertz CT molecular complexity index is 321. The lowest BCUT2D eigenvalue weighted by Crippen LogP contribution is -2.58. The van der Waals surface area contributed by atoms with E-state index in [2.05, 4.69) is 15.4 Å². The van der Waals surface area contributed by atoms with Crippen molar-refractivity contribution in [3.05, 3.63) is 12.7 Å². The average molecular weight is 211 g/mol. The summed E-state index contributed by atoms with van der Waals surface area (Å²) in [6, 6.07) is 0.172. The van der Waals surface area contributed by atoms with Crippen LogP contribution >= 0.6 is 0 Å². The Morgan fingerprint density at radius 3 is 2.73 bits per heavy atom. The summed E-state index contributed by atoms with van der Waals surface area (Å²) in [4.78, 5) is 15.2. The Morgan fingerprint density at radius 2 is 2.33 bits per heavy atom. The van der Waals surface area contributed by atoms with Gasteiger partial charge in [-0.25, -0.2) is 4.98 Å². The summed E-state index contributed by atoms with van der Waals surface area (Å²) < 4.78 is 1.58. The van der Waals surface area contributed by atoms with Crippen LogP contribution in [0.2, 0.25) is 0 Å². The van der Waals surface area contributed by atoms with E-state index in [1.165, 1.54) is 6.33 Å². The van der Waals surface area contributed by atoms with Crippen molar-refractivity contribution in [1.29, 1.82) is 0 Å². The highest BCUT2D eigenvalue weighted by atomic mass is 16.1. The van der Waals surface area contributed by atoms with E-state index in [-0.39, 0.29) is 6.04 Å². The van der Waals surface area contributed by atoms with Crippen LogP contribution in [0, 0.1) is 0 Å². The number of carbonyl (C=O) groups is 1. The second-order valence-corrected chi connectivity index (χ2v) is 4.09. The molecule has 0 spiro atoms. The second-order valence-electron chi connectivity index (χ2n) is 4.09. The highest BCUT2D eigenvalue weighted by Gasteiger charge is 2.32. The molecule has 0 saturated carbocycles. The van der Waals surface area contributed by atoms with Crippen LogP contribution < -0.4 is 11.1 Å². The summed E-state index contributed by atoms with van der Waals surface area (Å²) in [5, 5.41) is 7.08. The molecule has 84 valence electrons. The van der Waals surface area contributed by atoms with Gasteiger partial charge in [-0.3, -0.25) is 14.8 Å². The Labute approximate surface area is 88.9 Å². The fraction of sp³-hybridized carbons (Fsp3) is 0.667. The standard InChI is InChI=1S/C9H17N5O/c1-7(2)13-9(3,8(10)15)4-14-6-11-5-12-14/h5-7,13H,4H2,1-3H3,(H2,10,15). The molecule has 0 aromatic carbocycles. The Kier molecular flexibility index (Phi) is 3.41. The van der Waals surface area contributed by atoms with Gasteiger partial charge in [0.15, 0.2) is 0 Å². The van der Waals surface area contributed by atoms with E-state index >= 15 is 0 Å². The van der Waals surface area contributed by atoms with Crippen molar-refractivity contribution in [2.75, 3.05) is 0 Å². The highest BCUT2D eigenvalue weighted by Crippen LogP contribution is 2.07. The quantitative estimate of drug-likeness (QED) is 0.688. The number of nitrogens with zero attached hydrogens (tertiary/aromatic N) is 3. The molecule has 15 heavy (non-hydrogen) atoms. The number of rotatable bonds is 5. The van der Waals surface area contributed by atoms with Gasteiger partial charge in [0.25, 0.3) is 0 Å². The van der Waals surface area contributed by atoms with Gasteiger partial charge in [-0.1, -0.05) is 0 Å². The summed E-state index contributed by atoms with van der Waals surface area (Å²) in [6.07, 6.45) is 2.99.